The Labute approximate surface area is 122 Å². The second-order valence-electron chi connectivity index (χ2n) is 5.45. The van der Waals surface area contributed by atoms with E-state index in [2.05, 4.69) is 0 Å². The molecule has 110 valence electrons. The highest BCUT2D eigenvalue weighted by molar-refractivity contribution is 5.31. The van der Waals surface area contributed by atoms with E-state index in [0.29, 0.717) is 18.1 Å². The van der Waals surface area contributed by atoms with Gasteiger partial charge in [0.2, 0.25) is 0 Å². The van der Waals surface area contributed by atoms with E-state index < -0.39 is 11.6 Å². The molecule has 0 aromatic heterocycles. The highest BCUT2D eigenvalue weighted by Gasteiger charge is 2.23. The second-order valence-corrected chi connectivity index (χ2v) is 5.45. The molecule has 0 saturated heterocycles. The van der Waals surface area contributed by atoms with Gasteiger partial charge in [-0.25, -0.2) is 8.78 Å². The van der Waals surface area contributed by atoms with Crippen LogP contribution in [-0.2, 0) is 6.42 Å². The van der Waals surface area contributed by atoms with Crippen LogP contribution in [-0.4, -0.2) is 6.10 Å². The quantitative estimate of drug-likeness (QED) is 0.910. The van der Waals surface area contributed by atoms with Crippen molar-refractivity contribution in [2.24, 2.45) is 5.73 Å². The van der Waals surface area contributed by atoms with Crippen molar-refractivity contribution in [2.45, 2.75) is 31.4 Å². The Morgan fingerprint density at radius 2 is 1.76 bits per heavy atom. The van der Waals surface area contributed by atoms with Crippen molar-refractivity contribution in [1.29, 1.82) is 0 Å². The lowest BCUT2D eigenvalue weighted by atomic mass is 9.99. The van der Waals surface area contributed by atoms with E-state index in [1.807, 2.05) is 24.3 Å². The Hall–Kier alpha value is -1.94. The summed E-state index contributed by atoms with van der Waals surface area (Å²) in [5.74, 6) is -0.831. The molecule has 2 aromatic rings. The molecule has 0 heterocycles. The van der Waals surface area contributed by atoms with Gasteiger partial charge in [-0.05, 0) is 54.7 Å². The fraction of sp³-hybridized carbons (Fsp3) is 0.294. The van der Waals surface area contributed by atoms with Crippen LogP contribution >= 0.6 is 0 Å². The number of ether oxygens (including phenoxy) is 1. The van der Waals surface area contributed by atoms with Crippen LogP contribution in [0.4, 0.5) is 8.78 Å². The maximum absolute atomic E-state index is 13.2. The molecule has 1 aliphatic rings. The number of hydrogen-bond donors (Lipinski definition) is 1. The average Bonchev–Trinajstić information content (AvgIpc) is 3.28. The van der Waals surface area contributed by atoms with Crippen molar-refractivity contribution in [2.75, 3.05) is 0 Å². The van der Waals surface area contributed by atoms with Gasteiger partial charge >= 0.3 is 0 Å². The van der Waals surface area contributed by atoms with E-state index in [1.54, 1.807) is 6.07 Å². The van der Waals surface area contributed by atoms with Crippen molar-refractivity contribution < 1.29 is 13.5 Å². The normalized spacial score (nSPS) is 15.8. The fourth-order valence-electron chi connectivity index (χ4n) is 2.21. The van der Waals surface area contributed by atoms with Gasteiger partial charge in [0, 0.05) is 6.04 Å². The van der Waals surface area contributed by atoms with Crippen molar-refractivity contribution in [1.82, 2.24) is 0 Å². The molecule has 1 fully saturated rings. The molecule has 0 amide bonds. The SMILES string of the molecule is NC(Cc1ccc(F)c(F)c1)c1ccc(OC2CC2)cc1. The second kappa shape index (κ2) is 5.82. The number of hydrogen-bond acceptors (Lipinski definition) is 2. The zero-order valence-electron chi connectivity index (χ0n) is 11.6. The molecule has 2 N–H and O–H groups in total. The molecule has 1 atom stereocenters. The van der Waals surface area contributed by atoms with Gasteiger partial charge in [-0.1, -0.05) is 18.2 Å². The van der Waals surface area contributed by atoms with Crippen LogP contribution in [0.1, 0.15) is 30.0 Å². The Morgan fingerprint density at radius 1 is 1.05 bits per heavy atom. The first-order valence-corrected chi connectivity index (χ1v) is 7.08. The lowest BCUT2D eigenvalue weighted by Gasteiger charge is -2.13. The zero-order valence-corrected chi connectivity index (χ0v) is 11.6. The van der Waals surface area contributed by atoms with Gasteiger partial charge in [0.15, 0.2) is 11.6 Å². The van der Waals surface area contributed by atoms with Crippen LogP contribution in [0.25, 0.3) is 0 Å². The summed E-state index contributed by atoms with van der Waals surface area (Å²) in [5.41, 5.74) is 7.75. The molecule has 1 saturated carbocycles. The number of rotatable bonds is 5. The largest absolute Gasteiger partial charge is 0.490 e. The zero-order chi connectivity index (χ0) is 14.8. The Kier molecular flexibility index (Phi) is 3.88. The summed E-state index contributed by atoms with van der Waals surface area (Å²) in [6.45, 7) is 0. The van der Waals surface area contributed by atoms with Crippen molar-refractivity contribution in [3.63, 3.8) is 0 Å². The van der Waals surface area contributed by atoms with Crippen molar-refractivity contribution in [3.05, 3.63) is 65.2 Å². The van der Waals surface area contributed by atoms with E-state index in [0.717, 1.165) is 30.2 Å². The van der Waals surface area contributed by atoms with Gasteiger partial charge in [0.25, 0.3) is 0 Å². The summed E-state index contributed by atoms with van der Waals surface area (Å²) in [6, 6.07) is 11.3. The van der Waals surface area contributed by atoms with Gasteiger partial charge in [0.1, 0.15) is 5.75 Å². The molecule has 21 heavy (non-hydrogen) atoms. The highest BCUT2D eigenvalue weighted by Crippen LogP contribution is 2.27. The summed E-state index contributed by atoms with van der Waals surface area (Å²) in [4.78, 5) is 0. The molecule has 2 nitrogen and oxygen atoms in total. The monoisotopic (exact) mass is 289 g/mol. The Morgan fingerprint density at radius 3 is 2.38 bits per heavy atom. The lowest BCUT2D eigenvalue weighted by molar-refractivity contribution is 0.303. The third kappa shape index (κ3) is 3.58. The topological polar surface area (TPSA) is 35.2 Å². The minimum absolute atomic E-state index is 0.259. The van der Waals surface area contributed by atoms with E-state index in [9.17, 15) is 8.78 Å². The smallest absolute Gasteiger partial charge is 0.159 e. The first kappa shape index (κ1) is 14.0. The van der Waals surface area contributed by atoms with Gasteiger partial charge in [-0.3, -0.25) is 0 Å². The van der Waals surface area contributed by atoms with Crippen LogP contribution in [0, 0.1) is 11.6 Å². The minimum atomic E-state index is -0.840. The third-order valence-corrected chi connectivity index (χ3v) is 3.58. The molecule has 2 aromatic carbocycles. The summed E-state index contributed by atoms with van der Waals surface area (Å²) in [7, 11) is 0. The van der Waals surface area contributed by atoms with Crippen LogP contribution in [0.5, 0.6) is 5.75 Å². The Balaban J connectivity index is 1.66. The Bertz CT molecular complexity index is 623. The standard InChI is InChI=1S/C17H17F2NO/c18-15-8-1-11(9-16(15)19)10-17(20)12-2-4-13(5-3-12)21-14-6-7-14/h1-5,8-9,14,17H,6-7,10,20H2. The summed E-state index contributed by atoms with van der Waals surface area (Å²) in [5, 5.41) is 0. The number of halogens is 2. The summed E-state index contributed by atoms with van der Waals surface area (Å²) >= 11 is 0. The molecule has 3 rings (SSSR count). The molecule has 0 spiro atoms. The van der Waals surface area contributed by atoms with Crippen molar-refractivity contribution in [3.8, 4) is 5.75 Å². The van der Waals surface area contributed by atoms with Gasteiger partial charge < -0.3 is 10.5 Å². The minimum Gasteiger partial charge on any atom is -0.490 e. The van der Waals surface area contributed by atoms with Crippen molar-refractivity contribution >= 4 is 0 Å². The van der Waals surface area contributed by atoms with E-state index >= 15 is 0 Å². The average molecular weight is 289 g/mol. The number of nitrogens with two attached hydrogens (primary N) is 1. The molecule has 4 heteroatoms. The third-order valence-electron chi connectivity index (χ3n) is 3.58. The van der Waals surface area contributed by atoms with Crippen LogP contribution in [0.15, 0.2) is 42.5 Å². The van der Waals surface area contributed by atoms with Gasteiger partial charge in [-0.2, -0.15) is 0 Å². The first-order valence-electron chi connectivity index (χ1n) is 7.08. The van der Waals surface area contributed by atoms with E-state index in [1.165, 1.54) is 6.07 Å². The van der Waals surface area contributed by atoms with Gasteiger partial charge in [-0.15, -0.1) is 0 Å². The first-order chi connectivity index (χ1) is 10.1. The van der Waals surface area contributed by atoms with Gasteiger partial charge in [0.05, 0.1) is 6.10 Å². The summed E-state index contributed by atoms with van der Waals surface area (Å²) in [6.07, 6.45) is 3.07. The lowest BCUT2D eigenvalue weighted by Crippen LogP contribution is -2.13. The van der Waals surface area contributed by atoms with Crippen LogP contribution in [0.3, 0.4) is 0 Å². The molecule has 0 aliphatic heterocycles. The van der Waals surface area contributed by atoms with E-state index in [4.69, 9.17) is 10.5 Å². The van der Waals surface area contributed by atoms with Crippen LogP contribution in [0.2, 0.25) is 0 Å². The maximum atomic E-state index is 13.2. The van der Waals surface area contributed by atoms with Crippen LogP contribution < -0.4 is 10.5 Å². The molecule has 1 unspecified atom stereocenters. The maximum Gasteiger partial charge on any atom is 0.159 e. The fourth-order valence-corrected chi connectivity index (χ4v) is 2.21. The highest BCUT2D eigenvalue weighted by atomic mass is 19.2. The predicted octanol–water partition coefficient (Wildman–Crippen LogP) is 3.75. The summed E-state index contributed by atoms with van der Waals surface area (Å²) < 4.78 is 31.7. The molecule has 0 bridgehead atoms. The molecular weight excluding hydrogens is 272 g/mol. The molecule has 1 aliphatic carbocycles. The van der Waals surface area contributed by atoms with E-state index in [-0.39, 0.29) is 6.04 Å². The number of benzene rings is 2. The molecular formula is C17H17F2NO. The molecule has 0 radical (unpaired) electrons. The predicted molar refractivity (Wildman–Crippen MR) is 77.1 cm³/mol.